The third kappa shape index (κ3) is 5.92. The van der Waals surface area contributed by atoms with Crippen LogP contribution in [0.5, 0.6) is 11.5 Å². The highest BCUT2D eigenvalue weighted by atomic mass is 32.2. The van der Waals surface area contributed by atoms with Crippen LogP contribution in [0, 0.1) is 5.92 Å². The van der Waals surface area contributed by atoms with E-state index >= 15 is 0 Å². The molecule has 7 heteroatoms. The van der Waals surface area contributed by atoms with Gasteiger partial charge in [0.05, 0.1) is 12.9 Å². The van der Waals surface area contributed by atoms with Gasteiger partial charge in [0.1, 0.15) is 0 Å². The molecule has 0 aliphatic rings. The monoisotopic (exact) mass is 371 g/mol. The highest BCUT2D eigenvalue weighted by Gasteiger charge is 2.23. The maximum atomic E-state index is 12.5. The Labute approximate surface area is 151 Å². The van der Waals surface area contributed by atoms with Crippen molar-refractivity contribution in [3.63, 3.8) is 0 Å². The second-order valence-electron chi connectivity index (χ2n) is 6.29. The summed E-state index contributed by atoms with van der Waals surface area (Å²) < 4.78 is 33.9. The van der Waals surface area contributed by atoms with Crippen LogP contribution in [0.4, 0.5) is 0 Å². The van der Waals surface area contributed by atoms with Gasteiger partial charge in [-0.1, -0.05) is 26.8 Å². The van der Waals surface area contributed by atoms with Gasteiger partial charge in [-0.3, -0.25) is 4.79 Å². The minimum atomic E-state index is -3.66. The van der Waals surface area contributed by atoms with Gasteiger partial charge in [-0.05, 0) is 38.0 Å². The predicted molar refractivity (Wildman–Crippen MR) is 98.2 cm³/mol. The summed E-state index contributed by atoms with van der Waals surface area (Å²) >= 11 is 0. The molecule has 0 fully saturated rings. The first-order valence-electron chi connectivity index (χ1n) is 8.54. The highest BCUT2D eigenvalue weighted by Crippen LogP contribution is 2.30. The van der Waals surface area contributed by atoms with Crippen LogP contribution in [0.25, 0.3) is 0 Å². The molecule has 0 saturated heterocycles. The van der Waals surface area contributed by atoms with Crippen LogP contribution >= 0.6 is 0 Å². The van der Waals surface area contributed by atoms with Crippen molar-refractivity contribution < 1.29 is 22.1 Å². The number of benzene rings is 1. The molecule has 0 aliphatic heterocycles. The fraction of sp³-hybridized carbons (Fsp3) is 0.611. The molecule has 0 aliphatic carbocycles. The van der Waals surface area contributed by atoms with Gasteiger partial charge in [0.15, 0.2) is 11.5 Å². The van der Waals surface area contributed by atoms with Gasteiger partial charge in [0.25, 0.3) is 0 Å². The summed E-state index contributed by atoms with van der Waals surface area (Å²) in [5.74, 6) is 0.303. The molecule has 0 aromatic heterocycles. The Morgan fingerprint density at radius 1 is 1.16 bits per heavy atom. The van der Waals surface area contributed by atoms with E-state index in [4.69, 9.17) is 8.92 Å². The molecule has 0 unspecified atom stereocenters. The fourth-order valence-corrected chi connectivity index (χ4v) is 2.80. The maximum Gasteiger partial charge on any atom is 0.309 e. The van der Waals surface area contributed by atoms with Gasteiger partial charge in [-0.25, -0.2) is 0 Å². The fourth-order valence-electron chi connectivity index (χ4n) is 2.28. The second kappa shape index (κ2) is 9.08. The third-order valence-electron chi connectivity index (χ3n) is 4.05. The van der Waals surface area contributed by atoms with Gasteiger partial charge in [0.2, 0.25) is 5.91 Å². The third-order valence-corrected chi connectivity index (χ3v) is 5.19. The molecule has 0 spiro atoms. The standard InChI is InChI=1S/C18H29NO5S/c1-7-14(5)19(18(20)13(3)4)12-15-9-10-16(23-6)17(11-15)24-25(21,22)8-2/h9-11,13-14H,7-8,12H2,1-6H3/t14-/m0/s1. The van der Waals surface area contributed by atoms with E-state index in [0.717, 1.165) is 12.0 Å². The summed E-state index contributed by atoms with van der Waals surface area (Å²) in [5.41, 5.74) is 0.788. The zero-order valence-electron chi connectivity index (χ0n) is 15.9. The van der Waals surface area contributed by atoms with Crippen molar-refractivity contribution in [2.45, 2.75) is 53.6 Å². The van der Waals surface area contributed by atoms with Crippen LogP contribution < -0.4 is 8.92 Å². The molecule has 0 heterocycles. The first kappa shape index (κ1) is 21.3. The number of carbonyl (C=O) groups excluding carboxylic acids is 1. The van der Waals surface area contributed by atoms with Gasteiger partial charge in [0, 0.05) is 18.5 Å². The van der Waals surface area contributed by atoms with Crippen LogP contribution in [0.2, 0.25) is 0 Å². The Morgan fingerprint density at radius 2 is 1.80 bits per heavy atom. The van der Waals surface area contributed by atoms with E-state index in [-0.39, 0.29) is 29.4 Å². The number of carbonyl (C=O) groups is 1. The lowest BCUT2D eigenvalue weighted by molar-refractivity contribution is -0.137. The van der Waals surface area contributed by atoms with Crippen molar-refractivity contribution in [3.05, 3.63) is 23.8 Å². The Bertz CT molecular complexity index is 685. The van der Waals surface area contributed by atoms with Crippen molar-refractivity contribution in [1.82, 2.24) is 4.90 Å². The van der Waals surface area contributed by atoms with Gasteiger partial charge in [-0.15, -0.1) is 0 Å². The molecule has 142 valence electrons. The molecule has 1 atom stereocenters. The Morgan fingerprint density at radius 3 is 2.28 bits per heavy atom. The van der Waals surface area contributed by atoms with E-state index in [2.05, 4.69) is 0 Å². The normalized spacial score (nSPS) is 12.8. The SMILES string of the molecule is CC[C@H](C)N(Cc1ccc(OC)c(OS(=O)(=O)CC)c1)C(=O)C(C)C. The zero-order valence-corrected chi connectivity index (χ0v) is 16.7. The smallest absolute Gasteiger partial charge is 0.309 e. The molecule has 1 amide bonds. The first-order chi connectivity index (χ1) is 11.6. The average Bonchev–Trinajstić information content (AvgIpc) is 2.58. The van der Waals surface area contributed by atoms with Crippen molar-refractivity contribution >= 4 is 16.0 Å². The van der Waals surface area contributed by atoms with Crippen molar-refractivity contribution in [1.29, 1.82) is 0 Å². The molecule has 6 nitrogen and oxygen atoms in total. The van der Waals surface area contributed by atoms with E-state index in [1.54, 1.807) is 12.1 Å². The van der Waals surface area contributed by atoms with Crippen molar-refractivity contribution in [3.8, 4) is 11.5 Å². The Balaban J connectivity index is 3.17. The lowest BCUT2D eigenvalue weighted by Gasteiger charge is -2.30. The summed E-state index contributed by atoms with van der Waals surface area (Å²) in [6.07, 6.45) is 0.836. The predicted octanol–water partition coefficient (Wildman–Crippen LogP) is 3.21. The molecule has 0 saturated carbocycles. The van der Waals surface area contributed by atoms with Crippen LogP contribution in [0.15, 0.2) is 18.2 Å². The number of amides is 1. The zero-order chi connectivity index (χ0) is 19.2. The van der Waals surface area contributed by atoms with E-state index in [9.17, 15) is 13.2 Å². The second-order valence-corrected chi connectivity index (χ2v) is 8.15. The molecule has 0 N–H and O–H groups in total. The summed E-state index contributed by atoms with van der Waals surface area (Å²) in [7, 11) is -2.21. The van der Waals surface area contributed by atoms with E-state index in [0.29, 0.717) is 12.3 Å². The number of hydrogen-bond acceptors (Lipinski definition) is 5. The van der Waals surface area contributed by atoms with Gasteiger partial charge in [-0.2, -0.15) is 8.42 Å². The first-order valence-corrected chi connectivity index (χ1v) is 10.1. The lowest BCUT2D eigenvalue weighted by Crippen LogP contribution is -2.40. The summed E-state index contributed by atoms with van der Waals surface area (Å²) in [6.45, 7) is 9.67. The summed E-state index contributed by atoms with van der Waals surface area (Å²) in [5, 5.41) is 0. The highest BCUT2D eigenvalue weighted by molar-refractivity contribution is 7.87. The molecule has 25 heavy (non-hydrogen) atoms. The minimum absolute atomic E-state index is 0.0637. The molecule has 1 aromatic rings. The van der Waals surface area contributed by atoms with Crippen LogP contribution in [-0.2, 0) is 21.5 Å². The van der Waals surface area contributed by atoms with Crippen molar-refractivity contribution in [2.75, 3.05) is 12.9 Å². The van der Waals surface area contributed by atoms with Crippen molar-refractivity contribution in [2.24, 2.45) is 5.92 Å². The summed E-state index contributed by atoms with van der Waals surface area (Å²) in [6, 6.07) is 5.17. The van der Waals surface area contributed by atoms with E-state index in [1.165, 1.54) is 14.0 Å². The average molecular weight is 371 g/mol. The Kier molecular flexibility index (Phi) is 7.73. The lowest BCUT2D eigenvalue weighted by atomic mass is 10.1. The minimum Gasteiger partial charge on any atom is -0.493 e. The molecule has 1 rings (SSSR count). The summed E-state index contributed by atoms with van der Waals surface area (Å²) in [4.78, 5) is 14.3. The number of ether oxygens (including phenoxy) is 1. The number of nitrogens with zero attached hydrogens (tertiary/aromatic N) is 1. The molecular weight excluding hydrogens is 342 g/mol. The number of methoxy groups -OCH3 is 1. The largest absolute Gasteiger partial charge is 0.493 e. The quantitative estimate of drug-likeness (QED) is 0.623. The molecule has 0 bridgehead atoms. The topological polar surface area (TPSA) is 72.9 Å². The van der Waals surface area contributed by atoms with Crippen LogP contribution in [0.3, 0.4) is 0 Å². The number of rotatable bonds is 9. The molecular formula is C18H29NO5S. The van der Waals surface area contributed by atoms with Crippen LogP contribution in [-0.4, -0.2) is 38.1 Å². The molecule has 0 radical (unpaired) electrons. The maximum absolute atomic E-state index is 12.5. The van der Waals surface area contributed by atoms with E-state index < -0.39 is 10.1 Å². The van der Waals surface area contributed by atoms with Gasteiger partial charge >= 0.3 is 10.1 Å². The number of hydrogen-bond donors (Lipinski definition) is 0. The molecule has 1 aromatic carbocycles. The van der Waals surface area contributed by atoms with Crippen LogP contribution in [0.1, 0.15) is 46.6 Å². The van der Waals surface area contributed by atoms with E-state index in [1.807, 2.05) is 38.7 Å². The van der Waals surface area contributed by atoms with Gasteiger partial charge < -0.3 is 13.8 Å². The Hall–Kier alpha value is -1.76.